The molecule has 0 saturated carbocycles. The van der Waals surface area contributed by atoms with Gasteiger partial charge >= 0.3 is 0 Å². The highest BCUT2D eigenvalue weighted by atomic mass is 14.9. The molecule has 0 aliphatic heterocycles. The van der Waals surface area contributed by atoms with Gasteiger partial charge in [-0.15, -0.1) is 0 Å². The van der Waals surface area contributed by atoms with Crippen LogP contribution in [0.1, 0.15) is 97.2 Å². The molecule has 0 atom stereocenters. The summed E-state index contributed by atoms with van der Waals surface area (Å²) >= 11 is 0. The zero-order valence-corrected chi connectivity index (χ0v) is 30.5. The molecule has 0 radical (unpaired) electrons. The monoisotopic (exact) mass is 614 g/mol. The Morgan fingerprint density at radius 1 is 0.413 bits per heavy atom. The van der Waals surface area contributed by atoms with E-state index in [1.165, 1.54) is 49.5 Å². The number of benzene rings is 5. The molecule has 0 spiro atoms. The summed E-state index contributed by atoms with van der Waals surface area (Å²) in [6, 6.07) is 45.5. The van der Waals surface area contributed by atoms with E-state index in [0.29, 0.717) is 0 Å². The zero-order chi connectivity index (χ0) is 34.2. The Morgan fingerprint density at radius 2 is 0.804 bits per heavy atom. The average Bonchev–Trinajstić information content (AvgIpc) is 3.15. The van der Waals surface area contributed by atoms with E-state index in [1.807, 2.05) is 55.4 Å². The van der Waals surface area contributed by atoms with Crippen LogP contribution in [0.25, 0.3) is 21.5 Å². The quantitative estimate of drug-likeness (QED) is 0.164. The van der Waals surface area contributed by atoms with Gasteiger partial charge in [-0.1, -0.05) is 178 Å². The number of nitrogens with zero attached hydrogens (tertiary/aromatic N) is 1. The van der Waals surface area contributed by atoms with Gasteiger partial charge in [-0.2, -0.15) is 0 Å². The van der Waals surface area contributed by atoms with Crippen molar-refractivity contribution in [2.75, 3.05) is 0 Å². The minimum atomic E-state index is 0.986. The molecule has 1 heterocycles. The molecule has 0 fully saturated rings. The lowest BCUT2D eigenvalue weighted by Crippen LogP contribution is -2.37. The fourth-order valence-corrected chi connectivity index (χ4v) is 5.17. The fourth-order valence-electron chi connectivity index (χ4n) is 5.17. The maximum atomic E-state index is 2.35. The molecule has 0 aliphatic carbocycles. The van der Waals surface area contributed by atoms with Crippen molar-refractivity contribution in [1.82, 2.24) is 0 Å². The van der Waals surface area contributed by atoms with Crippen LogP contribution >= 0.6 is 0 Å². The van der Waals surface area contributed by atoms with Crippen LogP contribution in [0.4, 0.5) is 0 Å². The Hall–Kier alpha value is -4.23. The number of hydrogen-bond acceptors (Lipinski definition) is 0. The first-order valence-corrected chi connectivity index (χ1v) is 17.7. The number of aryl methyl sites for hydroxylation is 2. The molecule has 46 heavy (non-hydrogen) atoms. The highest BCUT2D eigenvalue weighted by Gasteiger charge is 2.11. The van der Waals surface area contributed by atoms with Gasteiger partial charge in [0.25, 0.3) is 0 Å². The third-order valence-electron chi connectivity index (χ3n) is 7.24. The van der Waals surface area contributed by atoms with Crippen molar-refractivity contribution in [3.63, 3.8) is 0 Å². The lowest BCUT2D eigenvalue weighted by molar-refractivity contribution is -0.699. The maximum absolute atomic E-state index is 2.35. The number of rotatable bonds is 6. The van der Waals surface area contributed by atoms with Crippen molar-refractivity contribution in [2.24, 2.45) is 0 Å². The molecule has 244 valence electrons. The van der Waals surface area contributed by atoms with Crippen LogP contribution in [-0.2, 0) is 25.8 Å². The predicted octanol–water partition coefficient (Wildman–Crippen LogP) is 12.8. The van der Waals surface area contributed by atoms with E-state index in [-0.39, 0.29) is 0 Å². The third-order valence-corrected chi connectivity index (χ3v) is 7.24. The van der Waals surface area contributed by atoms with Crippen molar-refractivity contribution in [3.8, 4) is 0 Å². The lowest BCUT2D eigenvalue weighted by Gasteiger charge is -2.10. The minimum Gasteiger partial charge on any atom is -0.202 e. The van der Waals surface area contributed by atoms with Crippen LogP contribution in [-0.4, -0.2) is 0 Å². The topological polar surface area (TPSA) is 3.88 Å². The first-order chi connectivity index (χ1) is 22.7. The molecule has 0 unspecified atom stereocenters. The van der Waals surface area contributed by atoms with E-state index in [9.17, 15) is 0 Å². The van der Waals surface area contributed by atoms with Crippen molar-refractivity contribution in [1.29, 1.82) is 0 Å². The standard InChI is InChI=1S/C19H18.C18H18N.4C2H6/c1-2-16-13-17-10-6-7-11-18(17)14-19(16)12-15-8-4-3-5-9-15;1-2-19-14-17-11-7-6-10-16(17)13-18(19)12-15-8-4-3-5-9-15;4*1-2/h2*3-11,13-14H,2,12H2,1H3;4*1-2H3/q;+1;;;;. The summed E-state index contributed by atoms with van der Waals surface area (Å²) in [5.74, 6) is 0. The van der Waals surface area contributed by atoms with E-state index in [0.717, 1.165) is 25.8 Å². The van der Waals surface area contributed by atoms with Crippen molar-refractivity contribution in [2.45, 2.75) is 95.0 Å². The van der Waals surface area contributed by atoms with Crippen molar-refractivity contribution in [3.05, 3.63) is 162 Å². The van der Waals surface area contributed by atoms with E-state index < -0.39 is 0 Å². The fraction of sp³-hybridized carbons (Fsp3) is 0.311. The maximum Gasteiger partial charge on any atom is 0.186 e. The smallest absolute Gasteiger partial charge is 0.186 e. The van der Waals surface area contributed by atoms with Crippen LogP contribution in [0.2, 0.25) is 0 Å². The van der Waals surface area contributed by atoms with E-state index in [4.69, 9.17) is 0 Å². The molecule has 0 saturated heterocycles. The predicted molar refractivity (Wildman–Crippen MR) is 207 cm³/mol. The summed E-state index contributed by atoms with van der Waals surface area (Å²) in [4.78, 5) is 0. The first-order valence-electron chi connectivity index (χ1n) is 17.7. The number of aromatic nitrogens is 1. The van der Waals surface area contributed by atoms with Gasteiger partial charge in [0.05, 0.1) is 6.42 Å². The van der Waals surface area contributed by atoms with Gasteiger partial charge in [0.15, 0.2) is 11.9 Å². The Kier molecular flexibility index (Phi) is 20.8. The summed E-state index contributed by atoms with van der Waals surface area (Å²) in [6.45, 7) is 21.4. The van der Waals surface area contributed by atoms with Crippen molar-refractivity contribution < 1.29 is 4.57 Å². The summed E-state index contributed by atoms with van der Waals surface area (Å²) < 4.78 is 2.34. The SMILES string of the molecule is CC.CC.CC.CC.CC[n+]1cc2ccccc2cc1Cc1ccccc1.CCc1cc2ccccc2cc1Cc1ccccc1. The third kappa shape index (κ3) is 12.3. The highest BCUT2D eigenvalue weighted by Crippen LogP contribution is 2.23. The molecule has 1 heteroatoms. The summed E-state index contributed by atoms with van der Waals surface area (Å²) in [7, 11) is 0. The zero-order valence-electron chi connectivity index (χ0n) is 30.5. The van der Waals surface area contributed by atoms with Gasteiger partial charge in [0.1, 0.15) is 6.54 Å². The van der Waals surface area contributed by atoms with Crippen LogP contribution in [0.15, 0.2) is 134 Å². The molecule has 1 nitrogen and oxygen atoms in total. The molecule has 0 N–H and O–H groups in total. The van der Waals surface area contributed by atoms with E-state index in [1.54, 1.807) is 0 Å². The van der Waals surface area contributed by atoms with Crippen LogP contribution in [0, 0.1) is 0 Å². The van der Waals surface area contributed by atoms with Gasteiger partial charge in [0, 0.05) is 11.5 Å². The normalized spacial score (nSPS) is 9.43. The second-order valence-corrected chi connectivity index (χ2v) is 9.83. The molecule has 6 aromatic rings. The summed E-state index contributed by atoms with van der Waals surface area (Å²) in [6.07, 6.45) is 5.36. The van der Waals surface area contributed by atoms with Gasteiger partial charge in [-0.25, -0.2) is 4.57 Å². The summed E-state index contributed by atoms with van der Waals surface area (Å²) in [5, 5.41) is 5.31. The molecule has 0 amide bonds. The second kappa shape index (κ2) is 24.1. The largest absolute Gasteiger partial charge is 0.202 e. The molecule has 0 bridgehead atoms. The summed E-state index contributed by atoms with van der Waals surface area (Å²) in [5.41, 5.74) is 7.02. The first kappa shape index (κ1) is 39.8. The van der Waals surface area contributed by atoms with Gasteiger partial charge < -0.3 is 0 Å². The molecule has 6 rings (SSSR count). The van der Waals surface area contributed by atoms with E-state index >= 15 is 0 Å². The van der Waals surface area contributed by atoms with Gasteiger partial charge in [0.2, 0.25) is 0 Å². The van der Waals surface area contributed by atoms with Gasteiger partial charge in [-0.3, -0.25) is 0 Å². The Balaban J connectivity index is 0.000000379. The number of pyridine rings is 1. The second-order valence-electron chi connectivity index (χ2n) is 9.83. The van der Waals surface area contributed by atoms with Crippen LogP contribution < -0.4 is 4.57 Å². The van der Waals surface area contributed by atoms with Gasteiger partial charge in [-0.05, 0) is 64.2 Å². The Labute approximate surface area is 282 Å². The minimum absolute atomic E-state index is 0.986. The molecule has 5 aromatic carbocycles. The van der Waals surface area contributed by atoms with Crippen LogP contribution in [0.5, 0.6) is 0 Å². The van der Waals surface area contributed by atoms with Crippen LogP contribution in [0.3, 0.4) is 0 Å². The molecular formula is C45H60N+. The average molecular weight is 615 g/mol. The number of hydrogen-bond donors (Lipinski definition) is 0. The Bertz CT molecular complexity index is 1490. The Morgan fingerprint density at radius 3 is 1.26 bits per heavy atom. The molecule has 0 aliphatic rings. The molecule has 1 aromatic heterocycles. The number of fused-ring (bicyclic) bond motifs is 2. The highest BCUT2D eigenvalue weighted by molar-refractivity contribution is 5.84. The lowest BCUT2D eigenvalue weighted by atomic mass is 9.95. The van der Waals surface area contributed by atoms with Crippen molar-refractivity contribution >= 4 is 21.5 Å². The molecular weight excluding hydrogens is 555 g/mol. The van der Waals surface area contributed by atoms with E-state index in [2.05, 4.69) is 152 Å².